The molecule has 0 heterocycles. The molecule has 0 saturated heterocycles. The number of nitrogens with one attached hydrogen (secondary N) is 2. The van der Waals surface area contributed by atoms with E-state index in [1.54, 1.807) is 6.92 Å². The first-order valence-corrected chi connectivity index (χ1v) is 11.5. The van der Waals surface area contributed by atoms with Crippen molar-refractivity contribution in [2.75, 3.05) is 13.2 Å². The smallest absolute Gasteiger partial charge is 0.407 e. The summed E-state index contributed by atoms with van der Waals surface area (Å²) < 4.78 is 5.53. The second-order valence-corrected chi connectivity index (χ2v) is 9.01. The molecular weight excluding hydrogens is 420 g/mol. The van der Waals surface area contributed by atoms with Crippen molar-refractivity contribution in [2.45, 2.75) is 44.6 Å². The first kappa shape index (κ1) is 22.8. The highest BCUT2D eigenvalue weighted by molar-refractivity contribution is 5.79. The third-order valence-electron chi connectivity index (χ3n) is 6.74. The minimum Gasteiger partial charge on any atom is -0.481 e. The highest BCUT2D eigenvalue weighted by Gasteiger charge is 2.33. The number of hydrogen-bond donors (Lipinski definition) is 3. The van der Waals surface area contributed by atoms with E-state index >= 15 is 0 Å². The summed E-state index contributed by atoms with van der Waals surface area (Å²) in [5.41, 5.74) is 4.62. The van der Waals surface area contributed by atoms with Crippen molar-refractivity contribution in [3.8, 4) is 11.1 Å². The van der Waals surface area contributed by atoms with Crippen molar-refractivity contribution in [3.63, 3.8) is 0 Å². The van der Waals surface area contributed by atoms with Crippen molar-refractivity contribution in [1.82, 2.24) is 10.6 Å². The molecule has 174 valence electrons. The van der Waals surface area contributed by atoms with Crippen LogP contribution in [0.3, 0.4) is 0 Å². The molecule has 0 bridgehead atoms. The molecule has 4 rings (SSSR count). The SMILES string of the molecule is C[C@H](CC(=O)NC[C@@H]1CCC[C@@H]1C(=O)O)NC(=O)OCC1c2ccccc2-c2ccccc21. The van der Waals surface area contributed by atoms with Crippen molar-refractivity contribution < 1.29 is 24.2 Å². The molecule has 7 nitrogen and oxygen atoms in total. The molecule has 7 heteroatoms. The summed E-state index contributed by atoms with van der Waals surface area (Å²) in [6.45, 7) is 2.32. The van der Waals surface area contributed by atoms with Crippen LogP contribution in [0.5, 0.6) is 0 Å². The third kappa shape index (κ3) is 5.18. The maximum Gasteiger partial charge on any atom is 0.407 e. The van der Waals surface area contributed by atoms with E-state index in [-0.39, 0.29) is 36.7 Å². The van der Waals surface area contributed by atoms with Crippen molar-refractivity contribution in [3.05, 3.63) is 59.7 Å². The fourth-order valence-electron chi connectivity index (χ4n) is 5.09. The van der Waals surface area contributed by atoms with E-state index in [1.165, 1.54) is 11.1 Å². The van der Waals surface area contributed by atoms with Gasteiger partial charge in [0.1, 0.15) is 6.61 Å². The van der Waals surface area contributed by atoms with Gasteiger partial charge in [-0.25, -0.2) is 4.79 Å². The molecule has 0 aliphatic heterocycles. The van der Waals surface area contributed by atoms with E-state index in [0.29, 0.717) is 13.0 Å². The van der Waals surface area contributed by atoms with Crippen LogP contribution in [-0.2, 0) is 14.3 Å². The lowest BCUT2D eigenvalue weighted by molar-refractivity contribution is -0.143. The molecule has 1 fully saturated rings. The van der Waals surface area contributed by atoms with E-state index < -0.39 is 18.1 Å². The fraction of sp³-hybridized carbons (Fsp3) is 0.423. The number of amides is 2. The number of rotatable bonds is 8. The van der Waals surface area contributed by atoms with Gasteiger partial charge in [-0.2, -0.15) is 0 Å². The summed E-state index contributed by atoms with van der Waals surface area (Å²) in [6.07, 6.45) is 1.89. The third-order valence-corrected chi connectivity index (χ3v) is 6.74. The van der Waals surface area contributed by atoms with Gasteiger partial charge in [-0.1, -0.05) is 55.0 Å². The monoisotopic (exact) mass is 450 g/mol. The summed E-state index contributed by atoms with van der Waals surface area (Å²) in [7, 11) is 0. The fourth-order valence-corrected chi connectivity index (χ4v) is 5.09. The van der Waals surface area contributed by atoms with E-state index in [9.17, 15) is 19.5 Å². The number of carbonyl (C=O) groups is 3. The van der Waals surface area contributed by atoms with E-state index in [2.05, 4.69) is 34.9 Å². The minimum atomic E-state index is -0.794. The zero-order valence-corrected chi connectivity index (χ0v) is 18.8. The van der Waals surface area contributed by atoms with Crippen LogP contribution in [-0.4, -0.2) is 42.3 Å². The van der Waals surface area contributed by atoms with E-state index in [1.807, 2.05) is 24.3 Å². The molecule has 3 atom stereocenters. The molecular formula is C26H30N2O5. The van der Waals surface area contributed by atoms with Gasteiger partial charge in [0.05, 0.1) is 5.92 Å². The van der Waals surface area contributed by atoms with Crippen molar-refractivity contribution in [2.24, 2.45) is 11.8 Å². The quantitative estimate of drug-likeness (QED) is 0.565. The Labute approximate surface area is 193 Å². The number of aliphatic carboxylic acids is 1. The van der Waals surface area contributed by atoms with E-state index in [0.717, 1.165) is 24.0 Å². The van der Waals surface area contributed by atoms with Crippen LogP contribution in [0.2, 0.25) is 0 Å². The number of ether oxygens (including phenoxy) is 1. The topological polar surface area (TPSA) is 105 Å². The Morgan fingerprint density at radius 2 is 1.67 bits per heavy atom. The predicted octanol–water partition coefficient (Wildman–Crippen LogP) is 3.92. The van der Waals surface area contributed by atoms with Crippen molar-refractivity contribution in [1.29, 1.82) is 0 Å². The van der Waals surface area contributed by atoms with Gasteiger partial charge < -0.3 is 20.5 Å². The van der Waals surface area contributed by atoms with Gasteiger partial charge in [-0.3, -0.25) is 9.59 Å². The van der Waals surface area contributed by atoms with Gasteiger partial charge >= 0.3 is 12.1 Å². The molecule has 33 heavy (non-hydrogen) atoms. The number of alkyl carbamates (subject to hydrolysis) is 1. The van der Waals surface area contributed by atoms with Crippen LogP contribution in [0, 0.1) is 11.8 Å². The number of carbonyl (C=O) groups excluding carboxylic acids is 2. The van der Waals surface area contributed by atoms with Crippen LogP contribution in [0.15, 0.2) is 48.5 Å². The molecule has 0 spiro atoms. The molecule has 2 aromatic rings. The van der Waals surface area contributed by atoms with Gasteiger partial charge in [-0.05, 0) is 47.9 Å². The largest absolute Gasteiger partial charge is 0.481 e. The first-order valence-electron chi connectivity index (χ1n) is 11.5. The Balaban J connectivity index is 1.24. The highest BCUT2D eigenvalue weighted by Crippen LogP contribution is 2.44. The van der Waals surface area contributed by atoms with Crippen LogP contribution in [0.25, 0.3) is 11.1 Å². The maximum atomic E-state index is 12.4. The minimum absolute atomic E-state index is 0.0182. The molecule has 1 saturated carbocycles. The molecule has 0 unspecified atom stereocenters. The average Bonchev–Trinajstić information content (AvgIpc) is 3.39. The number of carboxylic acid groups (broad SMARTS) is 1. The summed E-state index contributed by atoms with van der Waals surface area (Å²) >= 11 is 0. The lowest BCUT2D eigenvalue weighted by atomic mass is 9.96. The lowest BCUT2D eigenvalue weighted by Crippen LogP contribution is -2.39. The zero-order valence-electron chi connectivity index (χ0n) is 18.8. The molecule has 2 amide bonds. The zero-order chi connectivity index (χ0) is 23.4. The van der Waals surface area contributed by atoms with Crippen LogP contribution >= 0.6 is 0 Å². The number of carboxylic acids is 1. The predicted molar refractivity (Wildman–Crippen MR) is 124 cm³/mol. The van der Waals surface area contributed by atoms with Gasteiger partial charge in [0.25, 0.3) is 0 Å². The summed E-state index contributed by atoms with van der Waals surface area (Å²) in [5, 5.41) is 14.8. The second kappa shape index (κ2) is 10.1. The lowest BCUT2D eigenvalue weighted by Gasteiger charge is -2.19. The normalized spacial score (nSPS) is 19.9. The Hall–Kier alpha value is -3.35. The Bertz CT molecular complexity index is 991. The Morgan fingerprint density at radius 1 is 1.03 bits per heavy atom. The standard InChI is InChI=1S/C26H30N2O5/c1-16(13-24(29)27-14-17-7-6-12-18(17)25(30)31)28-26(32)33-15-23-21-10-4-2-8-19(21)20-9-3-5-11-22(20)23/h2-5,8-11,16-18,23H,6-7,12-15H2,1H3,(H,27,29)(H,28,32)(H,30,31)/t16-,17+,18+/m1/s1. The maximum absolute atomic E-state index is 12.4. The van der Waals surface area contributed by atoms with Gasteiger partial charge in [0, 0.05) is 24.9 Å². The number of fused-ring (bicyclic) bond motifs is 3. The summed E-state index contributed by atoms with van der Waals surface area (Å²) in [4.78, 5) is 35.9. The Morgan fingerprint density at radius 3 is 2.30 bits per heavy atom. The van der Waals surface area contributed by atoms with Crippen LogP contribution < -0.4 is 10.6 Å². The Kier molecular flexibility index (Phi) is 6.96. The number of benzene rings is 2. The summed E-state index contributed by atoms with van der Waals surface area (Å²) in [5.74, 6) is -1.44. The van der Waals surface area contributed by atoms with Crippen molar-refractivity contribution >= 4 is 18.0 Å². The molecule has 2 aliphatic carbocycles. The molecule has 3 N–H and O–H groups in total. The summed E-state index contributed by atoms with van der Waals surface area (Å²) in [6, 6.07) is 15.9. The van der Waals surface area contributed by atoms with Gasteiger partial charge in [-0.15, -0.1) is 0 Å². The molecule has 2 aromatic carbocycles. The van der Waals surface area contributed by atoms with E-state index in [4.69, 9.17) is 4.74 Å². The molecule has 0 radical (unpaired) electrons. The highest BCUT2D eigenvalue weighted by atomic mass is 16.5. The first-order chi connectivity index (χ1) is 15.9. The second-order valence-electron chi connectivity index (χ2n) is 9.01. The van der Waals surface area contributed by atoms with Crippen LogP contribution in [0.1, 0.15) is 49.7 Å². The van der Waals surface area contributed by atoms with Gasteiger partial charge in [0.15, 0.2) is 0 Å². The van der Waals surface area contributed by atoms with Crippen LogP contribution in [0.4, 0.5) is 4.79 Å². The van der Waals surface area contributed by atoms with Gasteiger partial charge in [0.2, 0.25) is 5.91 Å². The molecule has 0 aromatic heterocycles. The average molecular weight is 451 g/mol. The molecule has 2 aliphatic rings. The number of hydrogen-bond acceptors (Lipinski definition) is 4.